The van der Waals surface area contributed by atoms with Crippen molar-refractivity contribution in [3.8, 4) is 0 Å². The number of nitrogens with two attached hydrogens (primary N) is 1. The van der Waals surface area contributed by atoms with E-state index in [1.165, 1.54) is 32.4 Å². The van der Waals surface area contributed by atoms with Crippen LogP contribution in [0.3, 0.4) is 0 Å². The van der Waals surface area contributed by atoms with Crippen LogP contribution >= 0.6 is 0 Å². The maximum absolute atomic E-state index is 12.1. The SMILES string of the molecule is CC1CN2CCCCC2CN1CCC(=O)N(C)CCCN. The van der Waals surface area contributed by atoms with Crippen molar-refractivity contribution in [2.45, 2.75) is 51.1 Å². The molecule has 2 heterocycles. The second kappa shape index (κ2) is 8.11. The summed E-state index contributed by atoms with van der Waals surface area (Å²) in [6.07, 6.45) is 5.57. The monoisotopic (exact) mass is 296 g/mol. The van der Waals surface area contributed by atoms with E-state index >= 15 is 0 Å². The Morgan fingerprint density at radius 2 is 2.14 bits per heavy atom. The van der Waals surface area contributed by atoms with Crippen LogP contribution in [0.5, 0.6) is 0 Å². The van der Waals surface area contributed by atoms with Crippen molar-refractivity contribution >= 4 is 5.91 Å². The molecule has 2 N–H and O–H groups in total. The molecule has 0 aliphatic carbocycles. The van der Waals surface area contributed by atoms with Gasteiger partial charge in [0, 0.05) is 51.7 Å². The predicted octanol–water partition coefficient (Wildman–Crippen LogP) is 0.742. The van der Waals surface area contributed by atoms with Crippen molar-refractivity contribution < 1.29 is 4.79 Å². The molecule has 0 saturated carbocycles. The molecule has 2 aliphatic rings. The van der Waals surface area contributed by atoms with E-state index in [-0.39, 0.29) is 5.91 Å². The molecule has 122 valence electrons. The number of hydrogen-bond donors (Lipinski definition) is 1. The number of amides is 1. The molecular weight excluding hydrogens is 264 g/mol. The highest BCUT2D eigenvalue weighted by Gasteiger charge is 2.32. The van der Waals surface area contributed by atoms with E-state index in [0.717, 1.165) is 32.1 Å². The van der Waals surface area contributed by atoms with Crippen LogP contribution in [0.4, 0.5) is 0 Å². The molecule has 1 amide bonds. The van der Waals surface area contributed by atoms with Crippen LogP contribution in [0.15, 0.2) is 0 Å². The van der Waals surface area contributed by atoms with Crippen LogP contribution in [0.2, 0.25) is 0 Å². The van der Waals surface area contributed by atoms with Gasteiger partial charge in [0.25, 0.3) is 0 Å². The summed E-state index contributed by atoms with van der Waals surface area (Å²) in [7, 11) is 1.89. The van der Waals surface area contributed by atoms with Crippen molar-refractivity contribution in [1.29, 1.82) is 0 Å². The van der Waals surface area contributed by atoms with Crippen molar-refractivity contribution in [1.82, 2.24) is 14.7 Å². The van der Waals surface area contributed by atoms with E-state index in [0.29, 0.717) is 19.0 Å². The van der Waals surface area contributed by atoms with E-state index in [2.05, 4.69) is 16.7 Å². The highest BCUT2D eigenvalue weighted by molar-refractivity contribution is 5.76. The minimum Gasteiger partial charge on any atom is -0.346 e. The minimum absolute atomic E-state index is 0.252. The molecule has 2 atom stereocenters. The van der Waals surface area contributed by atoms with Gasteiger partial charge in [0.2, 0.25) is 5.91 Å². The Morgan fingerprint density at radius 3 is 2.90 bits per heavy atom. The first-order valence-electron chi connectivity index (χ1n) is 8.54. The van der Waals surface area contributed by atoms with Crippen molar-refractivity contribution in [2.75, 3.05) is 46.3 Å². The quantitative estimate of drug-likeness (QED) is 0.785. The second-order valence-electron chi connectivity index (χ2n) is 6.70. The molecule has 0 aromatic carbocycles. The Balaban J connectivity index is 1.75. The maximum Gasteiger partial charge on any atom is 0.223 e. The molecule has 2 saturated heterocycles. The van der Waals surface area contributed by atoms with Gasteiger partial charge in [-0.3, -0.25) is 14.6 Å². The number of rotatable bonds is 6. The maximum atomic E-state index is 12.1. The molecule has 0 spiro atoms. The fourth-order valence-electron chi connectivity index (χ4n) is 3.61. The number of piperidine rings is 1. The molecule has 21 heavy (non-hydrogen) atoms. The second-order valence-corrected chi connectivity index (χ2v) is 6.70. The van der Waals surface area contributed by atoms with Gasteiger partial charge >= 0.3 is 0 Å². The van der Waals surface area contributed by atoms with Gasteiger partial charge in [-0.25, -0.2) is 0 Å². The zero-order valence-corrected chi connectivity index (χ0v) is 13.8. The van der Waals surface area contributed by atoms with E-state index in [1.807, 2.05) is 11.9 Å². The summed E-state index contributed by atoms with van der Waals surface area (Å²) in [4.78, 5) is 19.1. The lowest BCUT2D eigenvalue weighted by Crippen LogP contribution is -2.58. The average Bonchev–Trinajstić information content (AvgIpc) is 2.50. The molecule has 2 rings (SSSR count). The number of nitrogens with zero attached hydrogens (tertiary/aromatic N) is 3. The highest BCUT2D eigenvalue weighted by atomic mass is 16.2. The van der Waals surface area contributed by atoms with E-state index in [9.17, 15) is 4.79 Å². The van der Waals surface area contributed by atoms with Gasteiger partial charge in [0.05, 0.1) is 0 Å². The third-order valence-electron chi connectivity index (χ3n) is 5.05. The average molecular weight is 296 g/mol. The molecule has 0 bridgehead atoms. The lowest BCUT2D eigenvalue weighted by molar-refractivity contribution is -0.130. The number of fused-ring (bicyclic) bond motifs is 1. The molecule has 2 unspecified atom stereocenters. The van der Waals surface area contributed by atoms with E-state index in [4.69, 9.17) is 5.73 Å². The summed E-state index contributed by atoms with van der Waals surface area (Å²) in [6.45, 7) is 8.21. The molecule has 0 aromatic rings. The fourth-order valence-corrected chi connectivity index (χ4v) is 3.61. The topological polar surface area (TPSA) is 52.8 Å². The van der Waals surface area contributed by atoms with Gasteiger partial charge in [-0.2, -0.15) is 0 Å². The molecular formula is C16H32N4O. The van der Waals surface area contributed by atoms with Crippen LogP contribution in [0.25, 0.3) is 0 Å². The zero-order valence-electron chi connectivity index (χ0n) is 13.8. The summed E-state index contributed by atoms with van der Waals surface area (Å²) in [5, 5.41) is 0. The van der Waals surface area contributed by atoms with Crippen molar-refractivity contribution in [2.24, 2.45) is 5.73 Å². The number of carbonyl (C=O) groups excluding carboxylic acids is 1. The van der Waals surface area contributed by atoms with E-state index in [1.54, 1.807) is 0 Å². The molecule has 0 aromatic heterocycles. The van der Waals surface area contributed by atoms with Gasteiger partial charge < -0.3 is 10.6 Å². The smallest absolute Gasteiger partial charge is 0.223 e. The largest absolute Gasteiger partial charge is 0.346 e. The Bertz CT molecular complexity index is 336. The van der Waals surface area contributed by atoms with Gasteiger partial charge in [0.1, 0.15) is 0 Å². The number of hydrogen-bond acceptors (Lipinski definition) is 4. The first kappa shape index (κ1) is 16.7. The Morgan fingerprint density at radius 1 is 1.33 bits per heavy atom. The lowest BCUT2D eigenvalue weighted by atomic mass is 9.97. The molecule has 2 aliphatic heterocycles. The fraction of sp³-hybridized carbons (Fsp3) is 0.938. The van der Waals surface area contributed by atoms with E-state index < -0.39 is 0 Å². The summed E-state index contributed by atoms with van der Waals surface area (Å²) in [5.41, 5.74) is 5.50. The summed E-state index contributed by atoms with van der Waals surface area (Å²) >= 11 is 0. The van der Waals surface area contributed by atoms with Crippen LogP contribution in [0, 0.1) is 0 Å². The highest BCUT2D eigenvalue weighted by Crippen LogP contribution is 2.24. The van der Waals surface area contributed by atoms with Gasteiger partial charge in [-0.1, -0.05) is 6.42 Å². The summed E-state index contributed by atoms with van der Waals surface area (Å²) < 4.78 is 0. The predicted molar refractivity (Wildman–Crippen MR) is 86.2 cm³/mol. The van der Waals surface area contributed by atoms with Gasteiger partial charge in [-0.05, 0) is 39.3 Å². The normalized spacial score (nSPS) is 27.4. The number of piperazine rings is 1. The molecule has 5 heteroatoms. The van der Waals surface area contributed by atoms with Crippen LogP contribution < -0.4 is 5.73 Å². The molecule has 0 radical (unpaired) electrons. The van der Waals surface area contributed by atoms with Crippen molar-refractivity contribution in [3.63, 3.8) is 0 Å². The third-order valence-corrected chi connectivity index (χ3v) is 5.05. The van der Waals surface area contributed by atoms with Crippen LogP contribution in [-0.4, -0.2) is 79.0 Å². The summed E-state index contributed by atoms with van der Waals surface area (Å²) in [6, 6.07) is 1.29. The lowest BCUT2D eigenvalue weighted by Gasteiger charge is -2.47. The van der Waals surface area contributed by atoms with Crippen LogP contribution in [-0.2, 0) is 4.79 Å². The minimum atomic E-state index is 0.252. The van der Waals surface area contributed by atoms with Crippen LogP contribution in [0.1, 0.15) is 39.0 Å². The third kappa shape index (κ3) is 4.66. The molecule has 2 fully saturated rings. The van der Waals surface area contributed by atoms with Gasteiger partial charge in [0.15, 0.2) is 0 Å². The molecule has 5 nitrogen and oxygen atoms in total. The zero-order chi connectivity index (χ0) is 15.2. The number of carbonyl (C=O) groups is 1. The van der Waals surface area contributed by atoms with Crippen molar-refractivity contribution in [3.05, 3.63) is 0 Å². The Hall–Kier alpha value is -0.650. The summed E-state index contributed by atoms with van der Waals surface area (Å²) in [5.74, 6) is 0.252. The van der Waals surface area contributed by atoms with Gasteiger partial charge in [-0.15, -0.1) is 0 Å². The Labute approximate surface area is 129 Å². The Kier molecular flexibility index (Phi) is 6.45. The standard InChI is InChI=1S/C16H32N4O/c1-14-12-20-10-4-3-6-15(20)13-19(14)11-7-16(21)18(2)9-5-8-17/h14-15H,3-13,17H2,1-2H3. The first-order chi connectivity index (χ1) is 10.1. The first-order valence-corrected chi connectivity index (χ1v) is 8.54.